The van der Waals surface area contributed by atoms with Crippen molar-refractivity contribution in [3.8, 4) is 22.6 Å². The maximum Gasteiger partial charge on any atom is 0.162 e. The van der Waals surface area contributed by atoms with Gasteiger partial charge in [-0.25, -0.2) is 0 Å². The summed E-state index contributed by atoms with van der Waals surface area (Å²) in [6, 6.07) is 12.2. The zero-order chi connectivity index (χ0) is 17.1. The van der Waals surface area contributed by atoms with Crippen LogP contribution in [-0.4, -0.2) is 52.1 Å². The molecule has 0 unspecified atom stereocenters. The summed E-state index contributed by atoms with van der Waals surface area (Å²) in [6.45, 7) is -0.503. The molecule has 0 bridgehead atoms. The van der Waals surface area contributed by atoms with E-state index in [4.69, 9.17) is 9.47 Å². The Balaban J connectivity index is 1.91. The third-order valence-electron chi connectivity index (χ3n) is 4.06. The number of phenols is 2. The van der Waals surface area contributed by atoms with Crippen molar-refractivity contribution in [3.05, 3.63) is 48.0 Å². The fourth-order valence-electron chi connectivity index (χ4n) is 2.96. The first-order valence-electron chi connectivity index (χ1n) is 7.75. The first-order valence-corrected chi connectivity index (χ1v) is 7.75. The lowest BCUT2D eigenvalue weighted by Gasteiger charge is -2.16. The van der Waals surface area contributed by atoms with E-state index in [-0.39, 0.29) is 31.1 Å². The topological polar surface area (TPSA) is 99.4 Å². The molecule has 0 aromatic heterocycles. The van der Waals surface area contributed by atoms with Crippen molar-refractivity contribution in [3.63, 3.8) is 0 Å². The van der Waals surface area contributed by atoms with E-state index in [1.165, 1.54) is 6.07 Å². The number of hydrogen-bond donors (Lipinski definition) is 4. The maximum absolute atomic E-state index is 10.3. The molecule has 1 heterocycles. The van der Waals surface area contributed by atoms with Crippen molar-refractivity contribution in [1.82, 2.24) is 0 Å². The van der Waals surface area contributed by atoms with Crippen LogP contribution in [0.1, 0.15) is 5.56 Å². The summed E-state index contributed by atoms with van der Waals surface area (Å²) in [5, 5.41) is 38.6. The quantitative estimate of drug-likeness (QED) is 0.661. The molecule has 128 valence electrons. The van der Waals surface area contributed by atoms with Gasteiger partial charge < -0.3 is 29.9 Å². The fraction of sp³-hybridized carbons (Fsp3) is 0.333. The van der Waals surface area contributed by atoms with Crippen molar-refractivity contribution < 1.29 is 29.9 Å². The lowest BCUT2D eigenvalue weighted by molar-refractivity contribution is -0.0724. The van der Waals surface area contributed by atoms with Crippen LogP contribution in [0.5, 0.6) is 11.5 Å². The van der Waals surface area contributed by atoms with Gasteiger partial charge in [-0.2, -0.15) is 0 Å². The van der Waals surface area contributed by atoms with E-state index in [9.17, 15) is 20.4 Å². The summed E-state index contributed by atoms with van der Waals surface area (Å²) in [5.74, 6) is -0.0933. The largest absolute Gasteiger partial charge is 0.508 e. The van der Waals surface area contributed by atoms with Gasteiger partial charge in [-0.3, -0.25) is 0 Å². The van der Waals surface area contributed by atoms with Gasteiger partial charge in [-0.05, 0) is 17.2 Å². The summed E-state index contributed by atoms with van der Waals surface area (Å²) in [6.07, 6.45) is -1.60. The first-order chi connectivity index (χ1) is 11.6. The Morgan fingerprint density at radius 3 is 2.08 bits per heavy atom. The molecule has 0 aliphatic carbocycles. The first kappa shape index (κ1) is 16.7. The van der Waals surface area contributed by atoms with E-state index < -0.39 is 18.5 Å². The highest BCUT2D eigenvalue weighted by molar-refractivity contribution is 5.75. The van der Waals surface area contributed by atoms with Gasteiger partial charge in [0, 0.05) is 18.1 Å². The number of phenolic OH excluding ortho intramolecular Hbond substituents is 2. The molecule has 4 N–H and O–H groups in total. The number of hydrogen-bond acceptors (Lipinski definition) is 6. The average Bonchev–Trinajstić information content (AvgIpc) is 2.97. The number of ether oxygens (including phenoxy) is 2. The van der Waals surface area contributed by atoms with Crippen LogP contribution in [0.25, 0.3) is 11.1 Å². The van der Waals surface area contributed by atoms with Crippen molar-refractivity contribution in [2.45, 2.75) is 24.9 Å². The minimum Gasteiger partial charge on any atom is -0.508 e. The normalized spacial score (nSPS) is 21.2. The highest BCUT2D eigenvalue weighted by atomic mass is 16.7. The minimum atomic E-state index is -0.678. The van der Waals surface area contributed by atoms with E-state index in [1.807, 2.05) is 30.3 Å². The van der Waals surface area contributed by atoms with Gasteiger partial charge >= 0.3 is 0 Å². The van der Waals surface area contributed by atoms with E-state index >= 15 is 0 Å². The maximum atomic E-state index is 10.3. The summed E-state index contributed by atoms with van der Waals surface area (Å²) >= 11 is 0. The van der Waals surface area contributed by atoms with Gasteiger partial charge in [-0.1, -0.05) is 30.3 Å². The molecule has 6 nitrogen and oxygen atoms in total. The van der Waals surface area contributed by atoms with Crippen molar-refractivity contribution in [2.75, 3.05) is 13.2 Å². The molecule has 2 atom stereocenters. The molecule has 1 saturated heterocycles. The lowest BCUT2D eigenvalue weighted by atomic mass is 9.96. The molecule has 2 aromatic carbocycles. The third-order valence-corrected chi connectivity index (χ3v) is 4.06. The molecule has 1 aliphatic rings. The molecule has 0 saturated carbocycles. The molecule has 1 fully saturated rings. The number of benzene rings is 2. The molecule has 0 radical (unpaired) electrons. The SMILES string of the molecule is OC[C@H]1OC(Cc2cc(O)cc(O)c2-c2ccccc2)O[C@@H]1CO. The smallest absolute Gasteiger partial charge is 0.162 e. The Labute approximate surface area is 139 Å². The lowest BCUT2D eigenvalue weighted by Crippen LogP contribution is -2.29. The highest BCUT2D eigenvalue weighted by Crippen LogP contribution is 2.37. The predicted octanol–water partition coefficient (Wildman–Crippen LogP) is 1.40. The molecular formula is C18H20O6. The monoisotopic (exact) mass is 332 g/mol. The average molecular weight is 332 g/mol. The van der Waals surface area contributed by atoms with Gasteiger partial charge in [0.05, 0.1) is 13.2 Å². The zero-order valence-electron chi connectivity index (χ0n) is 13.0. The molecule has 1 aliphatic heterocycles. The van der Waals surface area contributed by atoms with Crippen molar-refractivity contribution in [1.29, 1.82) is 0 Å². The molecule has 24 heavy (non-hydrogen) atoms. The second kappa shape index (κ2) is 7.19. The number of rotatable bonds is 5. The fourth-order valence-corrected chi connectivity index (χ4v) is 2.96. The number of aliphatic hydroxyl groups excluding tert-OH is 2. The van der Waals surface area contributed by atoms with Gasteiger partial charge in [0.25, 0.3) is 0 Å². The predicted molar refractivity (Wildman–Crippen MR) is 86.6 cm³/mol. The summed E-state index contributed by atoms with van der Waals surface area (Å²) in [4.78, 5) is 0. The Hall–Kier alpha value is -2.12. The molecular weight excluding hydrogens is 312 g/mol. The Bertz CT molecular complexity index is 675. The van der Waals surface area contributed by atoms with Crippen LogP contribution >= 0.6 is 0 Å². The molecule has 0 amide bonds. The Morgan fingerprint density at radius 2 is 1.50 bits per heavy atom. The second-order valence-corrected chi connectivity index (χ2v) is 5.71. The highest BCUT2D eigenvalue weighted by Gasteiger charge is 2.35. The molecule has 0 spiro atoms. The van der Waals surface area contributed by atoms with E-state index in [0.29, 0.717) is 11.1 Å². The number of aromatic hydroxyl groups is 2. The van der Waals surface area contributed by atoms with E-state index in [1.54, 1.807) is 6.07 Å². The minimum absolute atomic E-state index is 0.0355. The van der Waals surface area contributed by atoms with Crippen LogP contribution in [-0.2, 0) is 15.9 Å². The van der Waals surface area contributed by atoms with Crippen LogP contribution < -0.4 is 0 Å². The Kier molecular flexibility index (Phi) is 5.01. The summed E-state index contributed by atoms with van der Waals surface area (Å²) in [5.41, 5.74) is 2.05. The second-order valence-electron chi connectivity index (χ2n) is 5.71. The molecule has 2 aromatic rings. The Morgan fingerprint density at radius 1 is 0.875 bits per heavy atom. The van der Waals surface area contributed by atoms with Crippen LogP contribution in [0.4, 0.5) is 0 Å². The van der Waals surface area contributed by atoms with E-state index in [2.05, 4.69) is 0 Å². The van der Waals surface area contributed by atoms with Gasteiger partial charge in [0.1, 0.15) is 23.7 Å². The van der Waals surface area contributed by atoms with Gasteiger partial charge in [-0.15, -0.1) is 0 Å². The molecule has 3 rings (SSSR count). The van der Waals surface area contributed by atoms with Gasteiger partial charge in [0.15, 0.2) is 6.29 Å². The third kappa shape index (κ3) is 3.37. The van der Waals surface area contributed by atoms with Gasteiger partial charge in [0.2, 0.25) is 0 Å². The summed E-state index contributed by atoms with van der Waals surface area (Å²) in [7, 11) is 0. The number of aliphatic hydroxyl groups is 2. The molecule has 6 heteroatoms. The van der Waals surface area contributed by atoms with E-state index in [0.717, 1.165) is 5.56 Å². The summed E-state index contributed by atoms with van der Waals surface area (Å²) < 4.78 is 11.2. The van der Waals surface area contributed by atoms with Crippen LogP contribution in [0.2, 0.25) is 0 Å². The van der Waals surface area contributed by atoms with Crippen LogP contribution in [0, 0.1) is 0 Å². The van der Waals surface area contributed by atoms with Crippen LogP contribution in [0.15, 0.2) is 42.5 Å². The standard InChI is InChI=1S/C18H20O6/c19-9-15-16(10-20)24-17(23-15)7-12-6-13(21)8-14(22)18(12)11-4-2-1-3-5-11/h1-6,8,15-17,19-22H,7,9-10H2/t15-,16-/m1/s1. The zero-order valence-corrected chi connectivity index (χ0v) is 13.0. The van der Waals surface area contributed by atoms with Crippen molar-refractivity contribution >= 4 is 0 Å². The van der Waals surface area contributed by atoms with Crippen LogP contribution in [0.3, 0.4) is 0 Å². The van der Waals surface area contributed by atoms with Crippen molar-refractivity contribution in [2.24, 2.45) is 0 Å².